The molecule has 0 spiro atoms. The Bertz CT molecular complexity index is 954. The van der Waals surface area contributed by atoms with Crippen LogP contribution in [0.2, 0.25) is 0 Å². The minimum atomic E-state index is -2.90. The highest BCUT2D eigenvalue weighted by Gasteiger charge is 2.25. The second kappa shape index (κ2) is 7.24. The molecule has 1 saturated heterocycles. The van der Waals surface area contributed by atoms with Crippen molar-refractivity contribution in [3.8, 4) is 16.9 Å². The van der Waals surface area contributed by atoms with Crippen LogP contribution in [0.4, 0.5) is 4.39 Å². The van der Waals surface area contributed by atoms with Gasteiger partial charge in [0.1, 0.15) is 17.7 Å². The van der Waals surface area contributed by atoms with Gasteiger partial charge in [-0.3, -0.25) is 0 Å². The van der Waals surface area contributed by atoms with E-state index in [1.807, 2.05) is 18.2 Å². The smallest absolute Gasteiger partial charge is 0.150 e. The molecule has 1 heterocycles. The number of benzene rings is 2. The number of rotatable bonds is 3. The molecule has 1 aliphatic carbocycles. The fourth-order valence-electron chi connectivity index (χ4n) is 4.00. The molecule has 1 fully saturated rings. The minimum absolute atomic E-state index is 0.0697. The van der Waals surface area contributed by atoms with E-state index in [0.717, 1.165) is 47.3 Å². The topological polar surface area (TPSA) is 63.6 Å². The highest BCUT2D eigenvalue weighted by Crippen LogP contribution is 2.36. The summed E-state index contributed by atoms with van der Waals surface area (Å²) in [6.45, 7) is -0.319. The summed E-state index contributed by atoms with van der Waals surface area (Å²) >= 11 is 0. The Balaban J connectivity index is 1.62. The Kier molecular flexibility index (Phi) is 4.95. The quantitative estimate of drug-likeness (QED) is 0.872. The van der Waals surface area contributed by atoms with Crippen LogP contribution in [0, 0.1) is 5.82 Å². The average molecular weight is 390 g/mol. The number of fused-ring (bicyclic) bond motifs is 3. The van der Waals surface area contributed by atoms with E-state index in [1.54, 1.807) is 12.1 Å². The zero-order chi connectivity index (χ0) is 19.0. The predicted octanol–water partition coefficient (Wildman–Crippen LogP) is 3.43. The van der Waals surface area contributed by atoms with Crippen LogP contribution in [0.25, 0.3) is 11.1 Å². The highest BCUT2D eigenvalue weighted by atomic mass is 32.2. The van der Waals surface area contributed by atoms with Gasteiger partial charge in [0.2, 0.25) is 0 Å². The first-order chi connectivity index (χ1) is 12.9. The Labute approximate surface area is 158 Å². The summed E-state index contributed by atoms with van der Waals surface area (Å²) < 4.78 is 43.2. The molecule has 0 bridgehead atoms. The number of hydrogen-bond acceptors (Lipinski definition) is 4. The van der Waals surface area contributed by atoms with E-state index in [4.69, 9.17) is 4.74 Å². The molecule has 4 rings (SSSR count). The van der Waals surface area contributed by atoms with Crippen molar-refractivity contribution >= 4 is 9.84 Å². The van der Waals surface area contributed by atoms with Crippen molar-refractivity contribution in [2.45, 2.75) is 44.8 Å². The third-order valence-corrected chi connectivity index (χ3v) is 7.22. The lowest BCUT2D eigenvalue weighted by molar-refractivity contribution is 0.189. The van der Waals surface area contributed by atoms with Crippen LogP contribution in [-0.4, -0.2) is 31.1 Å². The third-order valence-electron chi connectivity index (χ3n) is 5.51. The maximum Gasteiger partial charge on any atom is 0.150 e. The molecule has 2 aliphatic rings. The van der Waals surface area contributed by atoms with Crippen LogP contribution in [0.3, 0.4) is 0 Å². The summed E-state index contributed by atoms with van der Waals surface area (Å²) in [5.41, 5.74) is 4.45. The number of aliphatic hydroxyl groups is 1. The lowest BCUT2D eigenvalue weighted by atomic mass is 9.94. The summed E-state index contributed by atoms with van der Waals surface area (Å²) in [6.07, 6.45) is 3.57. The van der Waals surface area contributed by atoms with Crippen LogP contribution in [0.1, 0.15) is 36.0 Å². The molecule has 6 heteroatoms. The van der Waals surface area contributed by atoms with E-state index in [-0.39, 0.29) is 30.0 Å². The first kappa shape index (κ1) is 18.4. The molecule has 144 valence electrons. The maximum absolute atomic E-state index is 14.0. The van der Waals surface area contributed by atoms with Crippen molar-refractivity contribution in [3.05, 3.63) is 52.8 Å². The van der Waals surface area contributed by atoms with Gasteiger partial charge in [0, 0.05) is 5.56 Å². The second-order valence-electron chi connectivity index (χ2n) is 7.40. The van der Waals surface area contributed by atoms with Crippen LogP contribution in [0.5, 0.6) is 5.75 Å². The number of aliphatic hydroxyl groups excluding tert-OH is 1. The van der Waals surface area contributed by atoms with Gasteiger partial charge in [-0.1, -0.05) is 6.07 Å². The number of aryl methyl sites for hydroxylation is 2. The normalized spacial score (nSPS) is 19.0. The maximum atomic E-state index is 14.0. The molecule has 2 aromatic carbocycles. The molecule has 0 saturated carbocycles. The van der Waals surface area contributed by atoms with Crippen molar-refractivity contribution in [2.24, 2.45) is 0 Å². The van der Waals surface area contributed by atoms with Gasteiger partial charge >= 0.3 is 0 Å². The van der Waals surface area contributed by atoms with Crippen LogP contribution in [0.15, 0.2) is 30.3 Å². The van der Waals surface area contributed by atoms with Gasteiger partial charge in [-0.15, -0.1) is 0 Å². The summed E-state index contributed by atoms with van der Waals surface area (Å²) in [7, 11) is -2.90. The van der Waals surface area contributed by atoms with Crippen LogP contribution < -0.4 is 4.74 Å². The van der Waals surface area contributed by atoms with Crippen LogP contribution in [-0.2, 0) is 29.3 Å². The van der Waals surface area contributed by atoms with Gasteiger partial charge in [0.25, 0.3) is 0 Å². The van der Waals surface area contributed by atoms with E-state index in [2.05, 4.69) is 0 Å². The predicted molar refractivity (Wildman–Crippen MR) is 102 cm³/mol. The molecular formula is C21H23FO4S. The summed E-state index contributed by atoms with van der Waals surface area (Å²) in [5, 5.41) is 9.40. The van der Waals surface area contributed by atoms with Gasteiger partial charge in [-0.25, -0.2) is 12.8 Å². The number of hydrogen-bond donors (Lipinski definition) is 1. The van der Waals surface area contributed by atoms with Gasteiger partial charge in [-0.2, -0.15) is 0 Å². The minimum Gasteiger partial charge on any atom is -0.490 e. The zero-order valence-electron chi connectivity index (χ0n) is 15.1. The van der Waals surface area contributed by atoms with E-state index >= 15 is 0 Å². The van der Waals surface area contributed by atoms with Gasteiger partial charge in [0.15, 0.2) is 9.84 Å². The van der Waals surface area contributed by atoms with E-state index in [0.29, 0.717) is 18.4 Å². The molecule has 0 amide bonds. The first-order valence-corrected chi connectivity index (χ1v) is 11.2. The first-order valence-electron chi connectivity index (χ1n) is 9.38. The molecule has 2 aromatic rings. The molecule has 0 atom stereocenters. The van der Waals surface area contributed by atoms with Crippen molar-refractivity contribution < 1.29 is 22.7 Å². The van der Waals surface area contributed by atoms with Crippen LogP contribution >= 0.6 is 0 Å². The van der Waals surface area contributed by atoms with Gasteiger partial charge in [-0.05, 0) is 78.6 Å². The summed E-state index contributed by atoms with van der Waals surface area (Å²) in [5.74, 6) is 0.773. The molecule has 1 N–H and O–H groups in total. The standard InChI is InChI=1S/C21H23FO4S/c22-21-12-15-3-1-2-14-10-18(26-17-6-8-27(24,25)9-7-17)4-5-19(14)20(15)11-16(21)13-23/h4-5,10-12,17,23H,1-3,6-9,13H2. The number of ether oxygens (including phenoxy) is 1. The number of sulfone groups is 1. The van der Waals surface area contributed by atoms with E-state index in [9.17, 15) is 17.9 Å². The summed E-state index contributed by atoms with van der Waals surface area (Å²) in [6, 6.07) is 9.21. The Morgan fingerprint density at radius 2 is 1.74 bits per heavy atom. The Morgan fingerprint density at radius 3 is 2.44 bits per heavy atom. The second-order valence-corrected chi connectivity index (χ2v) is 9.70. The fourth-order valence-corrected chi connectivity index (χ4v) is 5.45. The van der Waals surface area contributed by atoms with E-state index in [1.165, 1.54) is 0 Å². The lowest BCUT2D eigenvalue weighted by Gasteiger charge is -2.24. The van der Waals surface area contributed by atoms with E-state index < -0.39 is 9.84 Å². The Morgan fingerprint density at radius 1 is 1.04 bits per heavy atom. The molecule has 0 radical (unpaired) electrons. The third kappa shape index (κ3) is 3.87. The van der Waals surface area contributed by atoms with Crippen molar-refractivity contribution in [3.63, 3.8) is 0 Å². The number of halogens is 1. The van der Waals surface area contributed by atoms with Crippen molar-refractivity contribution in [2.75, 3.05) is 11.5 Å². The molecule has 27 heavy (non-hydrogen) atoms. The zero-order valence-corrected chi connectivity index (χ0v) is 15.9. The Hall–Kier alpha value is -1.92. The molecular weight excluding hydrogens is 367 g/mol. The largest absolute Gasteiger partial charge is 0.490 e. The molecule has 4 nitrogen and oxygen atoms in total. The molecule has 0 aromatic heterocycles. The highest BCUT2D eigenvalue weighted by molar-refractivity contribution is 7.91. The molecule has 1 aliphatic heterocycles. The SMILES string of the molecule is O=S1(=O)CCC(Oc2ccc3c(c2)CCCc2cc(F)c(CO)cc2-3)CC1. The molecule has 0 unspecified atom stereocenters. The fraction of sp³-hybridized carbons (Fsp3) is 0.429. The monoisotopic (exact) mass is 390 g/mol. The average Bonchev–Trinajstić information content (AvgIpc) is 2.81. The van der Waals surface area contributed by atoms with Gasteiger partial charge in [0.05, 0.1) is 18.1 Å². The summed E-state index contributed by atoms with van der Waals surface area (Å²) in [4.78, 5) is 0. The van der Waals surface area contributed by atoms with Crippen molar-refractivity contribution in [1.82, 2.24) is 0 Å². The van der Waals surface area contributed by atoms with Gasteiger partial charge < -0.3 is 9.84 Å². The van der Waals surface area contributed by atoms with Crippen molar-refractivity contribution in [1.29, 1.82) is 0 Å². The lowest BCUT2D eigenvalue weighted by Crippen LogP contribution is -2.30.